The number of carbonyl (C=O) groups is 1. The van der Waals surface area contributed by atoms with Gasteiger partial charge in [0, 0.05) is 24.4 Å². The van der Waals surface area contributed by atoms with E-state index in [1.807, 2.05) is 6.20 Å². The molecule has 2 heteroatoms. The van der Waals surface area contributed by atoms with E-state index in [4.69, 9.17) is 0 Å². The topological polar surface area (TPSA) is 32.9 Å². The number of aromatic amines is 1. The Bertz CT molecular complexity index is 504. The molecule has 1 aromatic heterocycles. The SMILES string of the molecule is CCCCCCCCCCCCc1c[nH]cc1C(=O)CCCCCCCCCCC. The third-order valence-electron chi connectivity index (χ3n) is 6.44. The second kappa shape index (κ2) is 19.9. The molecular weight excluding hydrogens is 366 g/mol. The molecule has 1 rings (SSSR count). The highest BCUT2D eigenvalue weighted by Crippen LogP contribution is 2.18. The van der Waals surface area contributed by atoms with Crippen LogP contribution in [0.5, 0.6) is 0 Å². The third-order valence-corrected chi connectivity index (χ3v) is 6.44. The summed E-state index contributed by atoms with van der Waals surface area (Å²) < 4.78 is 0. The lowest BCUT2D eigenvalue weighted by molar-refractivity contribution is 0.0978. The van der Waals surface area contributed by atoms with E-state index < -0.39 is 0 Å². The molecule has 30 heavy (non-hydrogen) atoms. The Morgan fingerprint density at radius 1 is 0.600 bits per heavy atom. The van der Waals surface area contributed by atoms with Gasteiger partial charge in [-0.3, -0.25) is 4.79 Å². The monoisotopic (exact) mass is 417 g/mol. The number of nitrogens with one attached hydrogen (secondary N) is 1. The number of aromatic nitrogens is 1. The number of ketones is 1. The average molecular weight is 418 g/mol. The number of hydrogen-bond acceptors (Lipinski definition) is 1. The van der Waals surface area contributed by atoms with Crippen LogP contribution in [0.4, 0.5) is 0 Å². The van der Waals surface area contributed by atoms with Gasteiger partial charge in [-0.25, -0.2) is 0 Å². The lowest BCUT2D eigenvalue weighted by Gasteiger charge is -2.05. The fourth-order valence-corrected chi connectivity index (χ4v) is 4.40. The van der Waals surface area contributed by atoms with E-state index in [-0.39, 0.29) is 0 Å². The van der Waals surface area contributed by atoms with Gasteiger partial charge in [0.2, 0.25) is 0 Å². The van der Waals surface area contributed by atoms with Crippen molar-refractivity contribution in [2.45, 2.75) is 149 Å². The highest BCUT2D eigenvalue weighted by Gasteiger charge is 2.12. The smallest absolute Gasteiger partial charge is 0.164 e. The van der Waals surface area contributed by atoms with Gasteiger partial charge in [0.1, 0.15) is 0 Å². The Hall–Kier alpha value is -1.05. The molecule has 0 aliphatic rings. The largest absolute Gasteiger partial charge is 0.367 e. The van der Waals surface area contributed by atoms with Crippen LogP contribution in [0, 0.1) is 0 Å². The van der Waals surface area contributed by atoms with Gasteiger partial charge in [-0.1, -0.05) is 123 Å². The van der Waals surface area contributed by atoms with Crippen LogP contribution in [-0.2, 0) is 6.42 Å². The van der Waals surface area contributed by atoms with Crippen molar-refractivity contribution in [1.29, 1.82) is 0 Å². The lowest BCUT2D eigenvalue weighted by Crippen LogP contribution is -2.01. The molecule has 0 spiro atoms. The molecule has 0 bridgehead atoms. The van der Waals surface area contributed by atoms with Crippen LogP contribution in [0.3, 0.4) is 0 Å². The van der Waals surface area contributed by atoms with E-state index >= 15 is 0 Å². The van der Waals surface area contributed by atoms with E-state index in [0.717, 1.165) is 24.8 Å². The number of unbranched alkanes of at least 4 members (excludes halogenated alkanes) is 17. The number of Topliss-reactive ketones (excluding diaryl/α,β-unsaturated/α-hetero) is 1. The maximum atomic E-state index is 12.6. The molecule has 0 aliphatic carbocycles. The number of hydrogen-bond donors (Lipinski definition) is 1. The van der Waals surface area contributed by atoms with Crippen molar-refractivity contribution in [3.8, 4) is 0 Å². The molecule has 0 fully saturated rings. The van der Waals surface area contributed by atoms with Crippen LogP contribution in [0.1, 0.15) is 158 Å². The molecule has 0 aliphatic heterocycles. The highest BCUT2D eigenvalue weighted by atomic mass is 16.1. The predicted molar refractivity (Wildman–Crippen MR) is 133 cm³/mol. The molecule has 0 amide bonds. The van der Waals surface area contributed by atoms with E-state index in [0.29, 0.717) is 5.78 Å². The molecule has 1 heterocycles. The summed E-state index contributed by atoms with van der Waals surface area (Å²) in [6.45, 7) is 4.55. The molecule has 0 atom stereocenters. The summed E-state index contributed by atoms with van der Waals surface area (Å²) in [6.07, 6.45) is 31.1. The Labute approximate surface area is 188 Å². The summed E-state index contributed by atoms with van der Waals surface area (Å²) in [4.78, 5) is 15.8. The van der Waals surface area contributed by atoms with Crippen LogP contribution < -0.4 is 0 Å². The van der Waals surface area contributed by atoms with E-state index in [9.17, 15) is 4.79 Å². The van der Waals surface area contributed by atoms with Crippen molar-refractivity contribution < 1.29 is 4.79 Å². The first-order valence-corrected chi connectivity index (χ1v) is 13.5. The van der Waals surface area contributed by atoms with Gasteiger partial charge < -0.3 is 4.98 Å². The third kappa shape index (κ3) is 14.0. The molecule has 0 aromatic carbocycles. The Morgan fingerprint density at radius 2 is 1.03 bits per heavy atom. The van der Waals surface area contributed by atoms with Crippen molar-refractivity contribution in [1.82, 2.24) is 4.98 Å². The summed E-state index contributed by atoms with van der Waals surface area (Å²) in [5.41, 5.74) is 2.21. The Morgan fingerprint density at radius 3 is 1.53 bits per heavy atom. The van der Waals surface area contributed by atoms with Gasteiger partial charge in [-0.15, -0.1) is 0 Å². The summed E-state index contributed by atoms with van der Waals surface area (Å²) >= 11 is 0. The molecule has 1 aromatic rings. The van der Waals surface area contributed by atoms with Crippen molar-refractivity contribution >= 4 is 5.78 Å². The van der Waals surface area contributed by atoms with Crippen LogP contribution in [0.25, 0.3) is 0 Å². The van der Waals surface area contributed by atoms with Crippen molar-refractivity contribution in [2.24, 2.45) is 0 Å². The minimum absolute atomic E-state index is 0.348. The first-order chi connectivity index (χ1) is 14.8. The van der Waals surface area contributed by atoms with E-state index in [1.54, 1.807) is 0 Å². The van der Waals surface area contributed by atoms with Gasteiger partial charge in [0.05, 0.1) is 0 Å². The van der Waals surface area contributed by atoms with Crippen molar-refractivity contribution in [3.05, 3.63) is 23.5 Å². The summed E-state index contributed by atoms with van der Waals surface area (Å²) in [5.74, 6) is 0.348. The Kier molecular flexibility index (Phi) is 17.9. The van der Waals surface area contributed by atoms with Crippen molar-refractivity contribution in [2.75, 3.05) is 0 Å². The second-order valence-electron chi connectivity index (χ2n) is 9.33. The molecule has 0 radical (unpaired) electrons. The Balaban J connectivity index is 2.04. The number of carbonyl (C=O) groups excluding carboxylic acids is 1. The standard InChI is InChI=1S/C28H51NO/c1-3-5-7-9-11-13-15-16-18-20-22-26-24-29-25-27(26)28(30)23-21-19-17-14-12-10-8-6-4-2/h24-25,29H,3-23H2,1-2H3. The molecule has 0 saturated carbocycles. The van der Waals surface area contributed by atoms with Gasteiger partial charge >= 0.3 is 0 Å². The fourth-order valence-electron chi connectivity index (χ4n) is 4.40. The van der Waals surface area contributed by atoms with Gasteiger partial charge in [0.15, 0.2) is 5.78 Å². The van der Waals surface area contributed by atoms with Gasteiger partial charge in [-0.05, 0) is 24.8 Å². The first kappa shape index (κ1) is 27.0. The highest BCUT2D eigenvalue weighted by molar-refractivity contribution is 5.97. The number of H-pyrrole nitrogens is 1. The van der Waals surface area contributed by atoms with Crippen LogP contribution in [0.2, 0.25) is 0 Å². The van der Waals surface area contributed by atoms with E-state index in [1.165, 1.54) is 121 Å². The fraction of sp³-hybridized carbons (Fsp3) is 0.821. The van der Waals surface area contributed by atoms with Crippen LogP contribution >= 0.6 is 0 Å². The van der Waals surface area contributed by atoms with Crippen LogP contribution in [0.15, 0.2) is 12.4 Å². The molecule has 1 N–H and O–H groups in total. The van der Waals surface area contributed by atoms with Gasteiger partial charge in [-0.2, -0.15) is 0 Å². The average Bonchev–Trinajstić information content (AvgIpc) is 3.22. The summed E-state index contributed by atoms with van der Waals surface area (Å²) in [6, 6.07) is 0. The van der Waals surface area contributed by atoms with Crippen LogP contribution in [-0.4, -0.2) is 10.8 Å². The maximum absolute atomic E-state index is 12.6. The minimum atomic E-state index is 0.348. The normalized spacial score (nSPS) is 11.3. The van der Waals surface area contributed by atoms with Crippen molar-refractivity contribution in [3.63, 3.8) is 0 Å². The molecular formula is C28H51NO. The molecule has 174 valence electrons. The predicted octanol–water partition coefficient (Wildman–Crippen LogP) is 9.58. The zero-order valence-electron chi connectivity index (χ0n) is 20.4. The number of aryl methyl sites for hydroxylation is 1. The lowest BCUT2D eigenvalue weighted by atomic mass is 9.99. The second-order valence-corrected chi connectivity index (χ2v) is 9.33. The first-order valence-electron chi connectivity index (χ1n) is 13.5. The summed E-state index contributed by atoms with van der Waals surface area (Å²) in [7, 11) is 0. The zero-order valence-corrected chi connectivity index (χ0v) is 20.4. The molecule has 0 unspecified atom stereocenters. The molecule has 0 saturated heterocycles. The maximum Gasteiger partial charge on any atom is 0.164 e. The zero-order chi connectivity index (χ0) is 21.7. The minimum Gasteiger partial charge on any atom is -0.367 e. The van der Waals surface area contributed by atoms with E-state index in [2.05, 4.69) is 25.0 Å². The molecule has 2 nitrogen and oxygen atoms in total. The summed E-state index contributed by atoms with van der Waals surface area (Å²) in [5, 5.41) is 0. The van der Waals surface area contributed by atoms with Gasteiger partial charge in [0.25, 0.3) is 0 Å². The quantitative estimate of drug-likeness (QED) is 0.148. The number of rotatable bonds is 22.